The van der Waals surface area contributed by atoms with Gasteiger partial charge in [0.25, 0.3) is 0 Å². The van der Waals surface area contributed by atoms with Gasteiger partial charge in [0.1, 0.15) is 29.9 Å². The zero-order valence-electron chi connectivity index (χ0n) is 25.7. The number of fused-ring (bicyclic) bond motifs is 1. The first-order valence-electron chi connectivity index (χ1n) is 15.2. The van der Waals surface area contributed by atoms with Crippen LogP contribution < -0.4 is 24.4 Å². The van der Waals surface area contributed by atoms with Crippen LogP contribution in [-0.4, -0.2) is 63.7 Å². The lowest BCUT2D eigenvalue weighted by molar-refractivity contribution is -0.143. The van der Waals surface area contributed by atoms with Crippen LogP contribution in [0.15, 0.2) is 103 Å². The molecule has 4 aromatic carbocycles. The Morgan fingerprint density at radius 2 is 1.43 bits per heavy atom. The van der Waals surface area contributed by atoms with E-state index in [1.54, 1.807) is 49.5 Å². The van der Waals surface area contributed by atoms with Crippen molar-refractivity contribution in [3.63, 3.8) is 0 Å². The largest absolute Gasteiger partial charge is 0.497 e. The molecule has 6 atom stereocenters. The van der Waals surface area contributed by atoms with Crippen molar-refractivity contribution in [3.8, 4) is 17.2 Å². The highest BCUT2D eigenvalue weighted by Gasteiger charge is 2.70. The number of ketones is 1. The van der Waals surface area contributed by atoms with E-state index in [-0.39, 0.29) is 18.3 Å². The summed E-state index contributed by atoms with van der Waals surface area (Å²) in [5.41, 5.74) is 1.37. The smallest absolute Gasteiger partial charge is 0.323 e. The fraction of sp³-hybridized carbons (Fsp3) is 0.270. The molecule has 2 fully saturated rings. The van der Waals surface area contributed by atoms with Gasteiger partial charge in [-0.25, -0.2) is 0 Å². The normalized spacial score (nSPS) is 26.6. The summed E-state index contributed by atoms with van der Waals surface area (Å²) < 4.78 is 22.6. The Balaban J connectivity index is 1.45. The van der Waals surface area contributed by atoms with Crippen molar-refractivity contribution < 1.29 is 33.3 Å². The van der Waals surface area contributed by atoms with Crippen LogP contribution in [0.4, 0.5) is 5.69 Å². The number of nitrogens with one attached hydrogen (secondary N) is 1. The molecule has 9 nitrogen and oxygen atoms in total. The van der Waals surface area contributed by atoms with Gasteiger partial charge in [-0.1, -0.05) is 54.6 Å². The number of amides is 1. The molecule has 1 amide bonds. The van der Waals surface area contributed by atoms with Crippen molar-refractivity contribution in [1.82, 2.24) is 5.32 Å². The maximum atomic E-state index is 15.1. The number of para-hydroxylation sites is 1. The molecule has 1 N–H and O–H groups in total. The van der Waals surface area contributed by atoms with E-state index in [0.29, 0.717) is 28.5 Å². The molecular weight excluding hydrogens is 584 g/mol. The van der Waals surface area contributed by atoms with Crippen LogP contribution in [0.3, 0.4) is 0 Å². The molecule has 9 heteroatoms. The SMILES string of the molecule is COC(=O)[C@@H]1N[C@H]([C@@H]2[C@H](c3ccccc3)C(=O)N2c2ccc(OC)cc2)[C@@]2(COc3ccccc3C2=O)[C@H]1c1ccc(OC)cc1. The monoisotopic (exact) mass is 618 g/mol. The Kier molecular flexibility index (Phi) is 7.49. The summed E-state index contributed by atoms with van der Waals surface area (Å²) in [7, 11) is 4.51. The van der Waals surface area contributed by atoms with Crippen molar-refractivity contribution in [2.75, 3.05) is 32.8 Å². The zero-order valence-corrected chi connectivity index (χ0v) is 25.7. The Morgan fingerprint density at radius 1 is 0.804 bits per heavy atom. The Morgan fingerprint density at radius 3 is 2.09 bits per heavy atom. The molecule has 0 unspecified atom stereocenters. The molecule has 3 aliphatic rings. The number of rotatable bonds is 7. The first-order chi connectivity index (χ1) is 22.4. The maximum absolute atomic E-state index is 15.1. The van der Waals surface area contributed by atoms with Crippen LogP contribution in [0.5, 0.6) is 17.2 Å². The van der Waals surface area contributed by atoms with Gasteiger partial charge in [0.05, 0.1) is 44.3 Å². The molecule has 0 aliphatic carbocycles. The second kappa shape index (κ2) is 11.7. The lowest BCUT2D eigenvalue weighted by Crippen LogP contribution is -2.71. The van der Waals surface area contributed by atoms with Gasteiger partial charge >= 0.3 is 5.97 Å². The second-order valence-corrected chi connectivity index (χ2v) is 11.8. The maximum Gasteiger partial charge on any atom is 0.323 e. The number of methoxy groups -OCH3 is 3. The minimum atomic E-state index is -1.30. The molecule has 0 saturated carbocycles. The number of β-lactam (4-membered cyclic amide) rings is 1. The summed E-state index contributed by atoms with van der Waals surface area (Å²) in [5.74, 6) is -0.259. The summed E-state index contributed by atoms with van der Waals surface area (Å²) in [6.45, 7) is -0.00659. The molecule has 0 radical (unpaired) electrons. The average Bonchev–Trinajstić information content (AvgIpc) is 3.44. The van der Waals surface area contributed by atoms with Gasteiger partial charge in [-0.3, -0.25) is 19.7 Å². The zero-order chi connectivity index (χ0) is 32.0. The summed E-state index contributed by atoms with van der Waals surface area (Å²) in [6.07, 6.45) is 0. The van der Waals surface area contributed by atoms with Crippen molar-refractivity contribution in [2.24, 2.45) is 5.41 Å². The molecule has 2 saturated heterocycles. The Labute approximate surface area is 267 Å². The van der Waals surface area contributed by atoms with Crippen molar-refractivity contribution in [1.29, 1.82) is 0 Å². The standard InChI is InChI=1S/C37H34N2O7/c1-43-25-17-13-23(14-18-25)30-31(36(42)45-3)38-33(37(30)21-46-28-12-8-7-11-27(28)34(37)40)32-29(22-9-5-4-6-10-22)35(41)39(32)24-15-19-26(44-2)20-16-24/h4-20,29-33,38H,21H2,1-3H3/t29-,30-,31+,32-,33+,37+/m0/s1. The fourth-order valence-electron chi connectivity index (χ4n) is 7.61. The van der Waals surface area contributed by atoms with Crippen molar-refractivity contribution >= 4 is 23.3 Å². The van der Waals surface area contributed by atoms with Crippen molar-refractivity contribution in [2.45, 2.75) is 30.0 Å². The molecule has 1 spiro atoms. The summed E-state index contributed by atoms with van der Waals surface area (Å²) in [6, 6.07) is 29.2. The number of ether oxygens (including phenoxy) is 4. The lowest BCUT2D eigenvalue weighted by Gasteiger charge is -2.54. The predicted molar refractivity (Wildman–Crippen MR) is 171 cm³/mol. The van der Waals surface area contributed by atoms with Gasteiger partial charge < -0.3 is 23.8 Å². The molecule has 4 aromatic rings. The molecule has 0 aromatic heterocycles. The van der Waals surface area contributed by atoms with E-state index in [2.05, 4.69) is 5.32 Å². The van der Waals surface area contributed by atoms with Gasteiger partial charge in [0.2, 0.25) is 5.91 Å². The number of nitrogens with zero attached hydrogens (tertiary/aromatic N) is 1. The molecule has 7 rings (SSSR count). The fourth-order valence-corrected chi connectivity index (χ4v) is 7.61. The molecule has 3 aliphatic heterocycles. The molecule has 46 heavy (non-hydrogen) atoms. The third kappa shape index (κ3) is 4.45. The summed E-state index contributed by atoms with van der Waals surface area (Å²) in [5, 5.41) is 3.56. The molecule has 3 heterocycles. The highest BCUT2D eigenvalue weighted by molar-refractivity contribution is 6.09. The van der Waals surface area contributed by atoms with E-state index in [1.807, 2.05) is 72.8 Å². The van der Waals surface area contributed by atoms with Gasteiger partial charge in [0.15, 0.2) is 5.78 Å². The van der Waals surface area contributed by atoms with E-state index in [0.717, 1.165) is 11.1 Å². The topological polar surface area (TPSA) is 103 Å². The molecular formula is C37H34N2O7. The van der Waals surface area contributed by atoms with E-state index in [4.69, 9.17) is 18.9 Å². The van der Waals surface area contributed by atoms with E-state index in [9.17, 15) is 9.59 Å². The highest BCUT2D eigenvalue weighted by atomic mass is 16.5. The lowest BCUT2D eigenvalue weighted by atomic mass is 9.59. The van der Waals surface area contributed by atoms with Crippen molar-refractivity contribution in [3.05, 3.63) is 120 Å². The second-order valence-electron chi connectivity index (χ2n) is 11.8. The third-order valence-corrected chi connectivity index (χ3v) is 9.75. The van der Waals surface area contributed by atoms with Crippen LogP contribution in [0.25, 0.3) is 0 Å². The predicted octanol–water partition coefficient (Wildman–Crippen LogP) is 4.76. The van der Waals surface area contributed by atoms with Crippen LogP contribution in [-0.2, 0) is 14.3 Å². The Bertz CT molecular complexity index is 1780. The number of Topliss-reactive ketones (excluding diaryl/α,β-unsaturated/α-hetero) is 1. The van der Waals surface area contributed by atoms with E-state index < -0.39 is 41.3 Å². The van der Waals surface area contributed by atoms with Crippen LogP contribution in [0, 0.1) is 5.41 Å². The first kappa shape index (κ1) is 29.6. The third-order valence-electron chi connectivity index (χ3n) is 9.75. The minimum absolute atomic E-state index is 0.00659. The molecule has 0 bridgehead atoms. The average molecular weight is 619 g/mol. The van der Waals surface area contributed by atoms with Gasteiger partial charge in [-0.05, 0) is 59.7 Å². The molecule has 234 valence electrons. The minimum Gasteiger partial charge on any atom is -0.497 e. The van der Waals surface area contributed by atoms with Crippen LogP contribution >= 0.6 is 0 Å². The number of carbonyl (C=O) groups excluding carboxylic acids is 3. The Hall–Kier alpha value is -5.15. The number of esters is 1. The van der Waals surface area contributed by atoms with Gasteiger partial charge in [0, 0.05) is 17.6 Å². The first-order valence-corrected chi connectivity index (χ1v) is 15.2. The van der Waals surface area contributed by atoms with Crippen LogP contribution in [0.2, 0.25) is 0 Å². The number of anilines is 1. The highest BCUT2D eigenvalue weighted by Crippen LogP contribution is 2.57. The number of hydrogen-bond donors (Lipinski definition) is 1. The van der Waals surface area contributed by atoms with E-state index >= 15 is 4.79 Å². The number of carbonyl (C=O) groups is 3. The summed E-state index contributed by atoms with van der Waals surface area (Å²) >= 11 is 0. The van der Waals surface area contributed by atoms with Gasteiger partial charge in [-0.2, -0.15) is 0 Å². The van der Waals surface area contributed by atoms with E-state index in [1.165, 1.54) is 7.11 Å². The summed E-state index contributed by atoms with van der Waals surface area (Å²) in [4.78, 5) is 44.7. The van der Waals surface area contributed by atoms with Gasteiger partial charge in [-0.15, -0.1) is 0 Å². The van der Waals surface area contributed by atoms with Crippen LogP contribution in [0.1, 0.15) is 33.3 Å². The number of hydrogen-bond acceptors (Lipinski definition) is 8. The number of benzene rings is 4. The quantitative estimate of drug-likeness (QED) is 0.234.